The summed E-state index contributed by atoms with van der Waals surface area (Å²) in [7, 11) is 0. The fourth-order valence-corrected chi connectivity index (χ4v) is 3.49. The average molecular weight is 386 g/mol. The van der Waals surface area contributed by atoms with E-state index in [9.17, 15) is 9.59 Å². The highest BCUT2D eigenvalue weighted by atomic mass is 35.5. The van der Waals surface area contributed by atoms with E-state index >= 15 is 0 Å². The first-order chi connectivity index (χ1) is 13.1. The topological polar surface area (TPSA) is 71.6 Å². The molecule has 7 nitrogen and oxygen atoms in total. The molecule has 0 saturated heterocycles. The predicted octanol–water partition coefficient (Wildman–Crippen LogP) is 2.59. The van der Waals surface area contributed by atoms with Gasteiger partial charge in [-0.1, -0.05) is 18.5 Å². The quantitative estimate of drug-likeness (QED) is 0.750. The molecule has 0 unspecified atom stereocenters. The fourth-order valence-electron chi connectivity index (χ4n) is 3.34. The van der Waals surface area contributed by atoms with Gasteiger partial charge in [-0.05, 0) is 36.8 Å². The highest BCUT2D eigenvalue weighted by Crippen LogP contribution is 2.20. The molecule has 0 aliphatic carbocycles. The molecule has 3 aromatic heterocycles. The number of hydrogen-bond donors (Lipinski definition) is 1. The Morgan fingerprint density at radius 2 is 2.07 bits per heavy atom. The van der Waals surface area contributed by atoms with E-state index in [2.05, 4.69) is 10.4 Å². The number of amides is 2. The standard InChI is InChI=1S/C19H20ClN5O2/c1-2-7-21-18(26)17-6-5-15-12-23(8-9-24(15)17)19(27)16-10-14-4-3-13(20)11-25(14)22-16/h3-6,10-11H,2,7-9,12H2,1H3,(H,21,26). The molecule has 0 atom stereocenters. The van der Waals surface area contributed by atoms with E-state index in [1.807, 2.05) is 29.7 Å². The Morgan fingerprint density at radius 1 is 1.22 bits per heavy atom. The number of fused-ring (bicyclic) bond motifs is 2. The van der Waals surface area contributed by atoms with Crippen LogP contribution >= 0.6 is 11.6 Å². The largest absolute Gasteiger partial charge is 0.351 e. The summed E-state index contributed by atoms with van der Waals surface area (Å²) in [5, 5.41) is 7.81. The molecule has 4 rings (SSSR count). The maximum absolute atomic E-state index is 12.9. The Hall–Kier alpha value is -2.80. The van der Waals surface area contributed by atoms with Gasteiger partial charge in [0.05, 0.1) is 17.1 Å². The molecule has 140 valence electrons. The van der Waals surface area contributed by atoms with Crippen molar-refractivity contribution < 1.29 is 9.59 Å². The molecule has 4 heterocycles. The summed E-state index contributed by atoms with van der Waals surface area (Å²) in [6.45, 7) is 4.24. The molecular formula is C19H20ClN5O2. The molecular weight excluding hydrogens is 366 g/mol. The molecule has 27 heavy (non-hydrogen) atoms. The summed E-state index contributed by atoms with van der Waals surface area (Å²) in [6, 6.07) is 9.08. The molecule has 1 aliphatic heterocycles. The molecule has 8 heteroatoms. The van der Waals surface area contributed by atoms with E-state index in [0.29, 0.717) is 42.6 Å². The van der Waals surface area contributed by atoms with Crippen molar-refractivity contribution in [2.24, 2.45) is 0 Å². The number of halogens is 1. The van der Waals surface area contributed by atoms with Gasteiger partial charge in [-0.25, -0.2) is 4.52 Å². The second-order valence-electron chi connectivity index (χ2n) is 6.59. The lowest BCUT2D eigenvalue weighted by molar-refractivity contribution is 0.0703. The maximum Gasteiger partial charge on any atom is 0.274 e. The van der Waals surface area contributed by atoms with E-state index in [4.69, 9.17) is 11.6 Å². The first-order valence-corrected chi connectivity index (χ1v) is 9.35. The second kappa shape index (κ2) is 7.08. The van der Waals surface area contributed by atoms with Crippen LogP contribution in [0, 0.1) is 0 Å². The van der Waals surface area contributed by atoms with Crippen LogP contribution in [-0.4, -0.2) is 44.0 Å². The van der Waals surface area contributed by atoms with Crippen molar-refractivity contribution in [2.45, 2.75) is 26.4 Å². The second-order valence-corrected chi connectivity index (χ2v) is 7.03. The number of hydrogen-bond acceptors (Lipinski definition) is 3. The number of nitrogens with zero attached hydrogens (tertiary/aromatic N) is 4. The average Bonchev–Trinajstić information content (AvgIpc) is 3.28. The summed E-state index contributed by atoms with van der Waals surface area (Å²) < 4.78 is 3.59. The normalized spacial score (nSPS) is 13.6. The molecule has 2 amide bonds. The van der Waals surface area contributed by atoms with Gasteiger partial charge in [-0.3, -0.25) is 9.59 Å². The van der Waals surface area contributed by atoms with Gasteiger partial charge < -0.3 is 14.8 Å². The summed E-state index contributed by atoms with van der Waals surface area (Å²) in [5.74, 6) is -0.195. The summed E-state index contributed by atoms with van der Waals surface area (Å²) >= 11 is 5.98. The van der Waals surface area contributed by atoms with Crippen LogP contribution in [0.2, 0.25) is 5.02 Å². The zero-order valence-electron chi connectivity index (χ0n) is 15.0. The highest BCUT2D eigenvalue weighted by molar-refractivity contribution is 6.30. The van der Waals surface area contributed by atoms with E-state index in [1.54, 1.807) is 27.7 Å². The Balaban J connectivity index is 1.53. The Labute approximate surface area is 161 Å². The van der Waals surface area contributed by atoms with Crippen molar-refractivity contribution in [2.75, 3.05) is 13.1 Å². The van der Waals surface area contributed by atoms with Gasteiger partial charge in [-0.15, -0.1) is 0 Å². The van der Waals surface area contributed by atoms with Crippen molar-refractivity contribution in [1.82, 2.24) is 24.4 Å². The lowest BCUT2D eigenvalue weighted by Gasteiger charge is -2.29. The first kappa shape index (κ1) is 17.6. The molecule has 1 aliphatic rings. The highest BCUT2D eigenvalue weighted by Gasteiger charge is 2.26. The molecule has 0 aromatic carbocycles. The van der Waals surface area contributed by atoms with Gasteiger partial charge in [0, 0.05) is 31.5 Å². The summed E-state index contributed by atoms with van der Waals surface area (Å²) in [6.07, 6.45) is 2.57. The Bertz CT molecular complexity index is 1020. The van der Waals surface area contributed by atoms with Gasteiger partial charge in [0.25, 0.3) is 11.8 Å². The lowest BCUT2D eigenvalue weighted by Crippen LogP contribution is -2.39. The Morgan fingerprint density at radius 3 is 2.89 bits per heavy atom. The van der Waals surface area contributed by atoms with Crippen LogP contribution in [0.3, 0.4) is 0 Å². The van der Waals surface area contributed by atoms with Crippen molar-refractivity contribution in [3.8, 4) is 0 Å². The van der Waals surface area contributed by atoms with E-state index in [0.717, 1.165) is 17.6 Å². The third-order valence-electron chi connectivity index (χ3n) is 4.72. The number of pyridine rings is 1. The minimum Gasteiger partial charge on any atom is -0.351 e. The lowest BCUT2D eigenvalue weighted by atomic mass is 10.2. The zero-order valence-corrected chi connectivity index (χ0v) is 15.7. The number of rotatable bonds is 4. The molecule has 1 N–H and O–H groups in total. The predicted molar refractivity (Wildman–Crippen MR) is 102 cm³/mol. The molecule has 0 radical (unpaired) electrons. The van der Waals surface area contributed by atoms with Crippen molar-refractivity contribution in [1.29, 1.82) is 0 Å². The van der Waals surface area contributed by atoms with Crippen molar-refractivity contribution in [3.05, 3.63) is 58.6 Å². The molecule has 0 bridgehead atoms. The van der Waals surface area contributed by atoms with Crippen LogP contribution in [0.1, 0.15) is 40.0 Å². The number of nitrogens with one attached hydrogen (secondary N) is 1. The molecule has 0 fully saturated rings. The van der Waals surface area contributed by atoms with Gasteiger partial charge in [-0.2, -0.15) is 5.10 Å². The number of aromatic nitrogens is 3. The van der Waals surface area contributed by atoms with E-state index in [1.165, 1.54) is 0 Å². The number of carbonyl (C=O) groups is 2. The van der Waals surface area contributed by atoms with E-state index < -0.39 is 0 Å². The van der Waals surface area contributed by atoms with Crippen LogP contribution in [0.15, 0.2) is 36.5 Å². The summed E-state index contributed by atoms with van der Waals surface area (Å²) in [5.41, 5.74) is 2.80. The fraction of sp³-hybridized carbons (Fsp3) is 0.316. The van der Waals surface area contributed by atoms with Gasteiger partial charge in [0.15, 0.2) is 5.69 Å². The first-order valence-electron chi connectivity index (χ1n) is 8.97. The van der Waals surface area contributed by atoms with Crippen molar-refractivity contribution in [3.63, 3.8) is 0 Å². The van der Waals surface area contributed by atoms with E-state index in [-0.39, 0.29) is 11.8 Å². The molecule has 0 saturated carbocycles. The van der Waals surface area contributed by atoms with Crippen LogP contribution < -0.4 is 5.32 Å². The van der Waals surface area contributed by atoms with Crippen LogP contribution in [0.4, 0.5) is 0 Å². The third-order valence-corrected chi connectivity index (χ3v) is 4.94. The minimum absolute atomic E-state index is 0.0693. The molecule has 0 spiro atoms. The molecule has 3 aromatic rings. The maximum atomic E-state index is 12.9. The van der Waals surface area contributed by atoms with Gasteiger partial charge in [0.2, 0.25) is 0 Å². The Kier molecular flexibility index (Phi) is 4.61. The summed E-state index contributed by atoms with van der Waals surface area (Å²) in [4.78, 5) is 26.9. The monoisotopic (exact) mass is 385 g/mol. The van der Waals surface area contributed by atoms with Crippen LogP contribution in [-0.2, 0) is 13.1 Å². The minimum atomic E-state index is -0.126. The zero-order chi connectivity index (χ0) is 19.0. The smallest absolute Gasteiger partial charge is 0.274 e. The van der Waals surface area contributed by atoms with Crippen molar-refractivity contribution >= 4 is 28.9 Å². The van der Waals surface area contributed by atoms with Gasteiger partial charge in [0.1, 0.15) is 5.69 Å². The van der Waals surface area contributed by atoms with Crippen LogP contribution in [0.25, 0.3) is 5.52 Å². The van der Waals surface area contributed by atoms with Gasteiger partial charge >= 0.3 is 0 Å². The van der Waals surface area contributed by atoms with Crippen LogP contribution in [0.5, 0.6) is 0 Å². The SMILES string of the molecule is CCCNC(=O)c1ccc2n1CCN(C(=O)c1cc3ccc(Cl)cn3n1)C2. The third kappa shape index (κ3) is 3.30. The number of carbonyl (C=O) groups excluding carboxylic acids is 2.